The molecular weight excluding hydrogens is 520 g/mol. The molecule has 2 amide bonds. The number of hydrogen-bond acceptors (Lipinski definition) is 6. The SMILES string of the molecule is CCOc1ccccc1[C@@H]1C(C#N)=C(SCC(=O)Nc2ccc(C)cc2C)NC(C)=C1C(=O)Nc1ccccc1. The number of para-hydroxylation sites is 2. The summed E-state index contributed by atoms with van der Waals surface area (Å²) in [5.74, 6) is -0.526. The molecule has 1 aliphatic rings. The van der Waals surface area contributed by atoms with Crippen LogP contribution in [0.5, 0.6) is 5.75 Å². The van der Waals surface area contributed by atoms with Crippen molar-refractivity contribution in [3.05, 3.63) is 111 Å². The Morgan fingerprint density at radius 3 is 2.42 bits per heavy atom. The second-order valence-electron chi connectivity index (χ2n) is 9.40. The molecule has 7 nitrogen and oxygen atoms in total. The number of dihydropyridines is 1. The van der Waals surface area contributed by atoms with Gasteiger partial charge in [0.1, 0.15) is 5.75 Å². The van der Waals surface area contributed by atoms with Crippen LogP contribution in [0.15, 0.2) is 94.7 Å². The van der Waals surface area contributed by atoms with Crippen molar-refractivity contribution in [3.63, 3.8) is 0 Å². The van der Waals surface area contributed by atoms with E-state index in [1.807, 2.05) is 93.6 Å². The molecule has 0 aromatic heterocycles. The summed E-state index contributed by atoms with van der Waals surface area (Å²) in [4.78, 5) is 26.5. The summed E-state index contributed by atoms with van der Waals surface area (Å²) in [6.07, 6.45) is 0. The average Bonchev–Trinajstić information content (AvgIpc) is 2.94. The van der Waals surface area contributed by atoms with Crippen molar-refractivity contribution < 1.29 is 14.3 Å². The Balaban J connectivity index is 1.67. The predicted octanol–water partition coefficient (Wildman–Crippen LogP) is 6.41. The number of amides is 2. The van der Waals surface area contributed by atoms with Crippen molar-refractivity contribution in [2.24, 2.45) is 0 Å². The summed E-state index contributed by atoms with van der Waals surface area (Å²) in [5.41, 5.74) is 5.56. The Hall–Kier alpha value is -4.48. The van der Waals surface area contributed by atoms with Crippen molar-refractivity contribution in [1.29, 1.82) is 5.26 Å². The zero-order chi connectivity index (χ0) is 28.6. The van der Waals surface area contributed by atoms with Gasteiger partial charge < -0.3 is 20.7 Å². The number of rotatable bonds is 9. The van der Waals surface area contributed by atoms with Crippen molar-refractivity contribution in [2.75, 3.05) is 23.0 Å². The van der Waals surface area contributed by atoms with Crippen LogP contribution in [0.3, 0.4) is 0 Å². The van der Waals surface area contributed by atoms with Crippen LogP contribution >= 0.6 is 11.8 Å². The van der Waals surface area contributed by atoms with E-state index in [1.165, 1.54) is 11.8 Å². The molecule has 1 heterocycles. The van der Waals surface area contributed by atoms with Gasteiger partial charge in [-0.25, -0.2) is 0 Å². The quantitative estimate of drug-likeness (QED) is 0.284. The van der Waals surface area contributed by atoms with Gasteiger partial charge in [-0.1, -0.05) is 65.9 Å². The number of anilines is 2. The largest absolute Gasteiger partial charge is 0.494 e. The molecule has 0 unspecified atom stereocenters. The molecule has 3 N–H and O–H groups in total. The second kappa shape index (κ2) is 13.0. The number of thioether (sulfide) groups is 1. The molecule has 1 atom stereocenters. The van der Waals surface area contributed by atoms with E-state index < -0.39 is 5.92 Å². The Kier molecular flexibility index (Phi) is 9.31. The Morgan fingerprint density at radius 2 is 1.73 bits per heavy atom. The van der Waals surface area contributed by atoms with Gasteiger partial charge in [-0.05, 0) is 57.5 Å². The smallest absolute Gasteiger partial charge is 0.254 e. The Labute approximate surface area is 239 Å². The second-order valence-corrected chi connectivity index (χ2v) is 10.4. The van der Waals surface area contributed by atoms with Gasteiger partial charge in [-0.3, -0.25) is 9.59 Å². The highest BCUT2D eigenvalue weighted by molar-refractivity contribution is 8.03. The lowest BCUT2D eigenvalue weighted by atomic mass is 9.81. The molecule has 1 aliphatic heterocycles. The fraction of sp³-hybridized carbons (Fsp3) is 0.219. The van der Waals surface area contributed by atoms with Gasteiger partial charge in [-0.2, -0.15) is 5.26 Å². The zero-order valence-electron chi connectivity index (χ0n) is 23.0. The van der Waals surface area contributed by atoms with E-state index in [4.69, 9.17) is 4.74 Å². The summed E-state index contributed by atoms with van der Waals surface area (Å²) < 4.78 is 5.91. The lowest BCUT2D eigenvalue weighted by Crippen LogP contribution is -2.31. The van der Waals surface area contributed by atoms with E-state index in [0.29, 0.717) is 45.5 Å². The van der Waals surface area contributed by atoms with E-state index in [9.17, 15) is 14.9 Å². The Bertz CT molecular complexity index is 1520. The van der Waals surface area contributed by atoms with Crippen LogP contribution < -0.4 is 20.7 Å². The number of allylic oxidation sites excluding steroid dienone is 2. The standard InChI is InChI=1S/C32H32N4O3S/c1-5-39-27-14-10-9-13-24(27)30-25(18-33)32(40-19-28(37)36-26-16-15-20(2)17-21(26)3)34-22(4)29(30)31(38)35-23-11-7-6-8-12-23/h6-17,30,34H,5,19H2,1-4H3,(H,35,38)(H,36,37)/t30-/m1/s1. The average molecular weight is 553 g/mol. The first-order valence-electron chi connectivity index (χ1n) is 13.0. The van der Waals surface area contributed by atoms with Crippen molar-refractivity contribution in [3.8, 4) is 11.8 Å². The maximum Gasteiger partial charge on any atom is 0.254 e. The van der Waals surface area contributed by atoms with E-state index in [1.54, 1.807) is 6.92 Å². The maximum absolute atomic E-state index is 13.7. The minimum Gasteiger partial charge on any atom is -0.494 e. The predicted molar refractivity (Wildman–Crippen MR) is 161 cm³/mol. The van der Waals surface area contributed by atoms with Crippen molar-refractivity contribution in [2.45, 2.75) is 33.6 Å². The number of ether oxygens (including phenoxy) is 1. The van der Waals surface area contributed by atoms with E-state index in [-0.39, 0.29) is 17.6 Å². The zero-order valence-corrected chi connectivity index (χ0v) is 23.8. The summed E-state index contributed by atoms with van der Waals surface area (Å²) in [6.45, 7) is 8.08. The first-order valence-corrected chi connectivity index (χ1v) is 14.0. The molecule has 0 radical (unpaired) electrons. The van der Waals surface area contributed by atoms with Crippen LogP contribution in [0, 0.1) is 25.2 Å². The number of nitrogens with zero attached hydrogens (tertiary/aromatic N) is 1. The number of carbonyl (C=O) groups is 2. The summed E-state index contributed by atoms with van der Waals surface area (Å²) in [6, 6.07) is 24.8. The highest BCUT2D eigenvalue weighted by atomic mass is 32.2. The number of nitrogens with one attached hydrogen (secondary N) is 3. The van der Waals surface area contributed by atoms with E-state index in [2.05, 4.69) is 22.0 Å². The summed E-state index contributed by atoms with van der Waals surface area (Å²) in [5, 5.41) is 20.1. The molecule has 40 heavy (non-hydrogen) atoms. The molecule has 0 saturated heterocycles. The molecule has 0 saturated carbocycles. The number of benzene rings is 3. The summed E-state index contributed by atoms with van der Waals surface area (Å²) in [7, 11) is 0. The third-order valence-corrected chi connectivity index (χ3v) is 7.47. The topological polar surface area (TPSA) is 103 Å². The van der Waals surface area contributed by atoms with Gasteiger partial charge in [0, 0.05) is 28.2 Å². The van der Waals surface area contributed by atoms with E-state index >= 15 is 0 Å². The van der Waals surface area contributed by atoms with Gasteiger partial charge in [0.2, 0.25) is 5.91 Å². The molecule has 0 spiro atoms. The van der Waals surface area contributed by atoms with Crippen LogP contribution in [-0.4, -0.2) is 24.2 Å². The number of nitriles is 1. The molecule has 0 fully saturated rings. The third-order valence-electron chi connectivity index (χ3n) is 6.46. The first-order chi connectivity index (χ1) is 19.3. The monoisotopic (exact) mass is 552 g/mol. The van der Waals surface area contributed by atoms with E-state index in [0.717, 1.165) is 16.8 Å². The van der Waals surface area contributed by atoms with Gasteiger partial charge in [0.05, 0.1) is 34.9 Å². The Morgan fingerprint density at radius 1 is 1.00 bits per heavy atom. The molecular formula is C32H32N4O3S. The number of aryl methyl sites for hydroxylation is 2. The minimum atomic E-state index is -0.692. The highest BCUT2D eigenvalue weighted by Crippen LogP contribution is 2.44. The van der Waals surface area contributed by atoms with Crippen LogP contribution in [0.25, 0.3) is 0 Å². The summed E-state index contributed by atoms with van der Waals surface area (Å²) >= 11 is 1.23. The third kappa shape index (κ3) is 6.56. The molecule has 204 valence electrons. The van der Waals surface area contributed by atoms with Gasteiger partial charge in [-0.15, -0.1) is 0 Å². The van der Waals surface area contributed by atoms with Gasteiger partial charge >= 0.3 is 0 Å². The first kappa shape index (κ1) is 28.5. The van der Waals surface area contributed by atoms with Crippen LogP contribution in [0.1, 0.15) is 36.5 Å². The molecule has 0 bridgehead atoms. The fourth-order valence-corrected chi connectivity index (χ4v) is 5.53. The van der Waals surface area contributed by atoms with Crippen LogP contribution in [0.2, 0.25) is 0 Å². The van der Waals surface area contributed by atoms with Gasteiger partial charge in [0.25, 0.3) is 5.91 Å². The van der Waals surface area contributed by atoms with Gasteiger partial charge in [0.15, 0.2) is 0 Å². The number of hydrogen-bond donors (Lipinski definition) is 3. The molecule has 3 aromatic carbocycles. The van der Waals surface area contributed by atoms with Crippen molar-refractivity contribution in [1.82, 2.24) is 5.32 Å². The molecule has 3 aromatic rings. The normalized spacial score (nSPS) is 14.7. The molecule has 8 heteroatoms. The maximum atomic E-state index is 13.7. The van der Waals surface area contributed by atoms with Crippen LogP contribution in [0.4, 0.5) is 11.4 Å². The molecule has 0 aliphatic carbocycles. The van der Waals surface area contributed by atoms with Crippen molar-refractivity contribution >= 4 is 35.0 Å². The fourth-order valence-electron chi connectivity index (χ4n) is 4.64. The minimum absolute atomic E-state index is 0.0828. The highest BCUT2D eigenvalue weighted by Gasteiger charge is 2.36. The lowest BCUT2D eigenvalue weighted by molar-refractivity contribution is -0.114. The molecule has 4 rings (SSSR count). The van der Waals surface area contributed by atoms with Crippen LogP contribution in [-0.2, 0) is 9.59 Å². The number of carbonyl (C=O) groups excluding carboxylic acids is 2. The lowest BCUT2D eigenvalue weighted by Gasteiger charge is -2.30.